The Kier molecular flexibility index (Phi) is 7.16. The van der Waals surface area contributed by atoms with E-state index < -0.39 is 0 Å². The molecule has 7 nitrogen and oxygen atoms in total. The molecule has 0 aliphatic rings. The van der Waals surface area contributed by atoms with Crippen LogP contribution in [-0.4, -0.2) is 39.5 Å². The molecule has 0 atom stereocenters. The molecule has 27 heavy (non-hydrogen) atoms. The van der Waals surface area contributed by atoms with Gasteiger partial charge in [-0.05, 0) is 30.5 Å². The number of carbonyl (C=O) groups excluding carboxylic acids is 1. The monoisotopic (exact) mass is 375 g/mol. The Bertz CT molecular complexity index is 765. The Balaban J connectivity index is 1.95. The predicted octanol–water partition coefficient (Wildman–Crippen LogP) is 3.39. The summed E-state index contributed by atoms with van der Waals surface area (Å²) in [6.07, 6.45) is 1.64. The first kappa shape index (κ1) is 20.2. The Morgan fingerprint density at radius 1 is 0.926 bits per heavy atom. The number of amides is 1. The minimum Gasteiger partial charge on any atom is -0.504 e. The number of aryl methyl sites for hydroxylation is 1. The summed E-state index contributed by atoms with van der Waals surface area (Å²) in [6.45, 7) is 0. The molecule has 0 radical (unpaired) electrons. The van der Waals surface area contributed by atoms with Gasteiger partial charge in [0.25, 0.3) is 0 Å². The molecular formula is C20H25NO6. The summed E-state index contributed by atoms with van der Waals surface area (Å²) < 4.78 is 20.8. The molecule has 0 fully saturated rings. The maximum Gasteiger partial charge on any atom is 0.224 e. The lowest BCUT2D eigenvalue weighted by molar-refractivity contribution is -0.116. The van der Waals surface area contributed by atoms with Crippen LogP contribution in [0.1, 0.15) is 18.4 Å². The van der Waals surface area contributed by atoms with Crippen molar-refractivity contribution >= 4 is 11.6 Å². The number of phenolic OH excluding ortho intramolecular Hbond substituents is 1. The summed E-state index contributed by atoms with van der Waals surface area (Å²) in [5.41, 5.74) is 1.51. The molecule has 0 aromatic heterocycles. The van der Waals surface area contributed by atoms with E-state index in [0.29, 0.717) is 47.9 Å². The number of rotatable bonds is 9. The van der Waals surface area contributed by atoms with Gasteiger partial charge in [-0.3, -0.25) is 4.79 Å². The highest BCUT2D eigenvalue weighted by Crippen LogP contribution is 2.40. The second-order valence-electron chi connectivity index (χ2n) is 5.82. The highest BCUT2D eigenvalue weighted by atomic mass is 16.5. The first-order chi connectivity index (χ1) is 13.0. The van der Waals surface area contributed by atoms with Crippen LogP contribution in [0.2, 0.25) is 0 Å². The summed E-state index contributed by atoms with van der Waals surface area (Å²) in [4.78, 5) is 12.2. The smallest absolute Gasteiger partial charge is 0.224 e. The lowest BCUT2D eigenvalue weighted by Crippen LogP contribution is -2.12. The molecule has 2 N–H and O–H groups in total. The average molecular weight is 375 g/mol. The molecular weight excluding hydrogens is 350 g/mol. The van der Waals surface area contributed by atoms with E-state index in [1.807, 2.05) is 6.07 Å². The van der Waals surface area contributed by atoms with Crippen molar-refractivity contribution in [2.24, 2.45) is 0 Å². The fourth-order valence-electron chi connectivity index (χ4n) is 2.72. The molecule has 0 bridgehead atoms. The highest BCUT2D eigenvalue weighted by Gasteiger charge is 2.14. The van der Waals surface area contributed by atoms with Crippen LogP contribution in [0.25, 0.3) is 0 Å². The third-order valence-corrected chi connectivity index (χ3v) is 4.06. The normalized spacial score (nSPS) is 10.2. The van der Waals surface area contributed by atoms with Gasteiger partial charge in [-0.2, -0.15) is 0 Å². The summed E-state index contributed by atoms with van der Waals surface area (Å²) in [5.74, 6) is 1.82. The van der Waals surface area contributed by atoms with Gasteiger partial charge in [0.05, 0.1) is 28.4 Å². The maximum atomic E-state index is 12.2. The molecule has 0 aliphatic heterocycles. The second-order valence-corrected chi connectivity index (χ2v) is 5.82. The fourth-order valence-corrected chi connectivity index (χ4v) is 2.72. The Labute approximate surface area is 158 Å². The molecule has 0 heterocycles. The number of anilines is 1. The van der Waals surface area contributed by atoms with Gasteiger partial charge in [0.1, 0.15) is 0 Å². The van der Waals surface area contributed by atoms with Crippen molar-refractivity contribution in [3.05, 3.63) is 35.9 Å². The Morgan fingerprint density at radius 3 is 2.07 bits per heavy atom. The third-order valence-electron chi connectivity index (χ3n) is 4.06. The first-order valence-electron chi connectivity index (χ1n) is 8.48. The van der Waals surface area contributed by atoms with Gasteiger partial charge >= 0.3 is 0 Å². The van der Waals surface area contributed by atoms with Crippen molar-refractivity contribution in [3.8, 4) is 28.7 Å². The van der Waals surface area contributed by atoms with Crippen LogP contribution < -0.4 is 24.3 Å². The lowest BCUT2D eigenvalue weighted by atomic mass is 10.1. The van der Waals surface area contributed by atoms with Gasteiger partial charge in [-0.15, -0.1) is 0 Å². The topological polar surface area (TPSA) is 86.3 Å². The van der Waals surface area contributed by atoms with Crippen LogP contribution in [0.4, 0.5) is 5.69 Å². The van der Waals surface area contributed by atoms with Crippen LogP contribution >= 0.6 is 0 Å². The Hall–Kier alpha value is -3.09. The van der Waals surface area contributed by atoms with Gasteiger partial charge in [0.15, 0.2) is 23.0 Å². The van der Waals surface area contributed by atoms with E-state index in [0.717, 1.165) is 5.56 Å². The van der Waals surface area contributed by atoms with Gasteiger partial charge in [0, 0.05) is 24.2 Å². The number of aromatic hydroxyl groups is 1. The quantitative estimate of drug-likeness (QED) is 0.699. The summed E-state index contributed by atoms with van der Waals surface area (Å²) in [6, 6.07) is 8.59. The highest BCUT2D eigenvalue weighted by molar-refractivity contribution is 5.91. The van der Waals surface area contributed by atoms with Crippen LogP contribution in [0.15, 0.2) is 30.3 Å². The first-order valence-corrected chi connectivity index (χ1v) is 8.48. The summed E-state index contributed by atoms with van der Waals surface area (Å²) in [7, 11) is 6.07. The molecule has 0 unspecified atom stereocenters. The van der Waals surface area contributed by atoms with Gasteiger partial charge in [-0.25, -0.2) is 0 Å². The standard InChI is InChI=1S/C20H25NO6/c1-24-16-9-8-13(10-15(16)22)6-5-7-19(23)21-14-11-17(25-2)20(27-4)18(12-14)26-3/h8-12,22H,5-7H2,1-4H3,(H,21,23). The number of carbonyl (C=O) groups is 1. The molecule has 0 saturated heterocycles. The maximum absolute atomic E-state index is 12.2. The molecule has 0 spiro atoms. The minimum atomic E-state index is -0.123. The van der Waals surface area contributed by atoms with Crippen molar-refractivity contribution in [2.75, 3.05) is 33.8 Å². The zero-order valence-electron chi connectivity index (χ0n) is 16.0. The SMILES string of the molecule is COc1ccc(CCCC(=O)Nc2cc(OC)c(OC)c(OC)c2)cc1O. The zero-order valence-corrected chi connectivity index (χ0v) is 16.0. The van der Waals surface area contributed by atoms with Crippen molar-refractivity contribution in [3.63, 3.8) is 0 Å². The zero-order chi connectivity index (χ0) is 19.8. The van der Waals surface area contributed by atoms with Gasteiger partial charge < -0.3 is 29.4 Å². The van der Waals surface area contributed by atoms with Crippen LogP contribution in [0.5, 0.6) is 28.7 Å². The molecule has 146 valence electrons. The van der Waals surface area contributed by atoms with Crippen LogP contribution in [0, 0.1) is 0 Å². The number of benzene rings is 2. The number of ether oxygens (including phenoxy) is 4. The van der Waals surface area contributed by atoms with Crippen molar-refractivity contribution in [2.45, 2.75) is 19.3 Å². The second kappa shape index (κ2) is 9.56. The third kappa shape index (κ3) is 5.20. The molecule has 1 amide bonds. The lowest BCUT2D eigenvalue weighted by Gasteiger charge is -2.14. The van der Waals surface area contributed by atoms with Crippen molar-refractivity contribution in [1.82, 2.24) is 0 Å². The van der Waals surface area contributed by atoms with E-state index in [4.69, 9.17) is 18.9 Å². The molecule has 2 rings (SSSR count). The molecule has 2 aromatic carbocycles. The van der Waals surface area contributed by atoms with Crippen LogP contribution in [0.3, 0.4) is 0 Å². The molecule has 7 heteroatoms. The van der Waals surface area contributed by atoms with Crippen molar-refractivity contribution in [1.29, 1.82) is 0 Å². The van der Waals surface area contributed by atoms with Gasteiger partial charge in [0.2, 0.25) is 11.7 Å². The van der Waals surface area contributed by atoms with E-state index in [9.17, 15) is 9.90 Å². The van der Waals surface area contributed by atoms with Gasteiger partial charge in [-0.1, -0.05) is 6.07 Å². The van der Waals surface area contributed by atoms with E-state index in [2.05, 4.69) is 5.32 Å². The number of methoxy groups -OCH3 is 4. The Morgan fingerprint density at radius 2 is 1.56 bits per heavy atom. The van der Waals surface area contributed by atoms with E-state index in [-0.39, 0.29) is 11.7 Å². The molecule has 0 aliphatic carbocycles. The summed E-state index contributed by atoms with van der Waals surface area (Å²) in [5, 5.41) is 12.6. The molecule has 0 saturated carbocycles. The fraction of sp³-hybridized carbons (Fsp3) is 0.350. The van der Waals surface area contributed by atoms with E-state index in [1.54, 1.807) is 24.3 Å². The number of hydrogen-bond donors (Lipinski definition) is 2. The van der Waals surface area contributed by atoms with E-state index in [1.165, 1.54) is 28.4 Å². The van der Waals surface area contributed by atoms with E-state index >= 15 is 0 Å². The number of nitrogens with one attached hydrogen (secondary N) is 1. The largest absolute Gasteiger partial charge is 0.504 e. The summed E-state index contributed by atoms with van der Waals surface area (Å²) >= 11 is 0. The predicted molar refractivity (Wildman–Crippen MR) is 102 cm³/mol. The van der Waals surface area contributed by atoms with Crippen molar-refractivity contribution < 1.29 is 28.8 Å². The molecule has 2 aromatic rings. The average Bonchev–Trinajstić information content (AvgIpc) is 2.67. The minimum absolute atomic E-state index is 0.0943. The van der Waals surface area contributed by atoms with Crippen LogP contribution in [-0.2, 0) is 11.2 Å². The number of hydrogen-bond acceptors (Lipinski definition) is 6. The number of phenols is 1.